The lowest BCUT2D eigenvalue weighted by Gasteiger charge is -2.22. The Bertz CT molecular complexity index is 1200. The molecule has 0 bridgehead atoms. The Hall–Kier alpha value is -3.51. The largest absolute Gasteiger partial charge is 0.430 e. The molecule has 5 nitrogen and oxygen atoms in total. The molecule has 150 valence electrons. The van der Waals surface area contributed by atoms with Crippen LogP contribution in [-0.4, -0.2) is 22.5 Å². The van der Waals surface area contributed by atoms with Crippen molar-refractivity contribution in [2.24, 2.45) is 0 Å². The van der Waals surface area contributed by atoms with Crippen molar-refractivity contribution in [3.05, 3.63) is 94.8 Å². The summed E-state index contributed by atoms with van der Waals surface area (Å²) >= 11 is 1.56. The van der Waals surface area contributed by atoms with Gasteiger partial charge >= 0.3 is 0 Å². The third kappa shape index (κ3) is 3.95. The summed E-state index contributed by atoms with van der Waals surface area (Å²) in [5.41, 5.74) is 3.95. The van der Waals surface area contributed by atoms with E-state index in [2.05, 4.69) is 15.3 Å². The van der Waals surface area contributed by atoms with Crippen LogP contribution < -0.4 is 5.32 Å². The summed E-state index contributed by atoms with van der Waals surface area (Å²) in [6.07, 6.45) is 1.54. The van der Waals surface area contributed by atoms with E-state index in [1.807, 2.05) is 79.9 Å². The molecule has 4 rings (SSSR count). The van der Waals surface area contributed by atoms with E-state index >= 15 is 0 Å². The molecular weight excluding hydrogens is 394 g/mol. The van der Waals surface area contributed by atoms with Crippen molar-refractivity contribution in [1.82, 2.24) is 9.97 Å². The first-order chi connectivity index (χ1) is 14.7. The number of aromatic nitrogens is 2. The van der Waals surface area contributed by atoms with Crippen LogP contribution >= 0.6 is 11.3 Å². The molecule has 0 saturated carbocycles. The average Bonchev–Trinajstić information content (AvgIpc) is 3.25. The molecule has 2 aromatic heterocycles. The number of hydrogen-bond donors (Lipinski definition) is 1. The lowest BCUT2D eigenvalue weighted by Crippen LogP contribution is -2.22. The van der Waals surface area contributed by atoms with Crippen LogP contribution in [0.1, 0.15) is 23.6 Å². The van der Waals surface area contributed by atoms with Crippen LogP contribution in [0.25, 0.3) is 15.8 Å². The maximum absolute atomic E-state index is 11.5. The minimum absolute atomic E-state index is 0.317. The van der Waals surface area contributed by atoms with E-state index in [4.69, 9.17) is 4.74 Å². The lowest BCUT2D eigenvalue weighted by atomic mass is 9.91. The predicted molar refractivity (Wildman–Crippen MR) is 121 cm³/mol. The van der Waals surface area contributed by atoms with Gasteiger partial charge in [-0.2, -0.15) is 0 Å². The van der Waals surface area contributed by atoms with Crippen LogP contribution in [0.4, 0.5) is 5.82 Å². The van der Waals surface area contributed by atoms with Crippen molar-refractivity contribution in [3.63, 3.8) is 0 Å². The van der Waals surface area contributed by atoms with Gasteiger partial charge in [-0.1, -0.05) is 54.6 Å². The summed E-state index contributed by atoms with van der Waals surface area (Å²) in [7, 11) is 0. The van der Waals surface area contributed by atoms with Gasteiger partial charge in [0.15, 0.2) is 0 Å². The van der Waals surface area contributed by atoms with Gasteiger partial charge in [-0.05, 0) is 42.0 Å². The molecule has 0 amide bonds. The Morgan fingerprint density at radius 3 is 2.60 bits per heavy atom. The molecule has 0 saturated heterocycles. The smallest absolute Gasteiger partial charge is 0.298 e. The van der Waals surface area contributed by atoms with Gasteiger partial charge in [0.1, 0.15) is 22.7 Å². The number of carbonyl (C=O) groups is 1. The minimum atomic E-state index is -0.317. The third-order valence-electron chi connectivity index (χ3n) is 4.91. The molecular formula is C24H21N3O2S. The molecule has 0 fully saturated rings. The van der Waals surface area contributed by atoms with Crippen LogP contribution in [0.2, 0.25) is 0 Å². The van der Waals surface area contributed by atoms with Crippen molar-refractivity contribution < 1.29 is 9.53 Å². The van der Waals surface area contributed by atoms with E-state index in [1.165, 1.54) is 6.33 Å². The molecule has 0 aliphatic rings. The number of aryl methyl sites for hydroxylation is 1. The Kier molecular flexibility index (Phi) is 5.86. The van der Waals surface area contributed by atoms with Crippen molar-refractivity contribution in [1.29, 1.82) is 0 Å². The number of ether oxygens (including phenoxy) is 1. The molecule has 2 aromatic carbocycles. The van der Waals surface area contributed by atoms with Gasteiger partial charge in [-0.25, -0.2) is 9.97 Å². The molecule has 0 radical (unpaired) electrons. The Labute approximate surface area is 179 Å². The average molecular weight is 416 g/mol. The molecule has 1 unspecified atom stereocenters. The molecule has 0 aliphatic heterocycles. The van der Waals surface area contributed by atoms with E-state index in [0.29, 0.717) is 18.0 Å². The van der Waals surface area contributed by atoms with Gasteiger partial charge < -0.3 is 10.1 Å². The second-order valence-corrected chi connectivity index (χ2v) is 7.76. The maximum Gasteiger partial charge on any atom is 0.298 e. The van der Waals surface area contributed by atoms with Gasteiger partial charge in [-0.15, -0.1) is 11.3 Å². The van der Waals surface area contributed by atoms with Crippen LogP contribution in [0.15, 0.2) is 78.1 Å². The highest BCUT2D eigenvalue weighted by atomic mass is 32.1. The van der Waals surface area contributed by atoms with Gasteiger partial charge in [-0.3, -0.25) is 4.79 Å². The van der Waals surface area contributed by atoms with Crippen molar-refractivity contribution >= 4 is 39.4 Å². The van der Waals surface area contributed by atoms with Crippen LogP contribution in [-0.2, 0) is 9.53 Å². The van der Waals surface area contributed by atoms with E-state index in [0.717, 1.165) is 32.5 Å². The fraction of sp³-hybridized carbons (Fsp3) is 0.125. The van der Waals surface area contributed by atoms with Crippen LogP contribution in [0.5, 0.6) is 0 Å². The normalized spacial score (nSPS) is 12.9. The molecule has 1 N–H and O–H groups in total. The fourth-order valence-electron chi connectivity index (χ4n) is 3.49. The van der Waals surface area contributed by atoms with Gasteiger partial charge in [0.05, 0.1) is 11.4 Å². The number of nitrogens with zero attached hydrogens (tertiary/aromatic N) is 2. The number of fused-ring (bicyclic) bond motifs is 1. The van der Waals surface area contributed by atoms with E-state index in [-0.39, 0.29) is 6.04 Å². The Morgan fingerprint density at radius 1 is 1.07 bits per heavy atom. The SMILES string of the molecule is Cc1ccccc1/C(=C(\OC=O)C(C)Nc1ncnc2sccc12)c1ccccc1. The first kappa shape index (κ1) is 19.8. The van der Waals surface area contributed by atoms with E-state index < -0.39 is 0 Å². The van der Waals surface area contributed by atoms with Gasteiger partial charge in [0.25, 0.3) is 6.47 Å². The summed E-state index contributed by atoms with van der Waals surface area (Å²) in [4.78, 5) is 21.1. The number of hydrogen-bond acceptors (Lipinski definition) is 6. The summed E-state index contributed by atoms with van der Waals surface area (Å²) in [6, 6.07) is 19.7. The zero-order chi connectivity index (χ0) is 20.9. The van der Waals surface area contributed by atoms with Gasteiger partial charge in [0.2, 0.25) is 0 Å². The zero-order valence-corrected chi connectivity index (χ0v) is 17.5. The molecule has 6 heteroatoms. The minimum Gasteiger partial charge on any atom is -0.430 e. The van der Waals surface area contributed by atoms with Crippen molar-refractivity contribution in [2.75, 3.05) is 5.32 Å². The highest BCUT2D eigenvalue weighted by molar-refractivity contribution is 7.16. The summed E-state index contributed by atoms with van der Waals surface area (Å²) < 4.78 is 5.59. The summed E-state index contributed by atoms with van der Waals surface area (Å²) in [5, 5.41) is 6.33. The molecule has 30 heavy (non-hydrogen) atoms. The monoisotopic (exact) mass is 415 g/mol. The second kappa shape index (κ2) is 8.88. The Morgan fingerprint density at radius 2 is 1.83 bits per heavy atom. The Balaban J connectivity index is 1.86. The quantitative estimate of drug-likeness (QED) is 0.322. The number of benzene rings is 2. The number of rotatable bonds is 7. The lowest BCUT2D eigenvalue weighted by molar-refractivity contribution is -0.125. The first-order valence-corrected chi connectivity index (χ1v) is 10.5. The fourth-order valence-corrected chi connectivity index (χ4v) is 4.23. The van der Waals surface area contributed by atoms with Crippen LogP contribution in [0, 0.1) is 6.92 Å². The number of anilines is 1. The molecule has 4 aromatic rings. The number of carbonyl (C=O) groups excluding carboxylic acids is 1. The van der Waals surface area contributed by atoms with Crippen LogP contribution in [0.3, 0.4) is 0 Å². The molecule has 2 heterocycles. The van der Waals surface area contributed by atoms with E-state index in [1.54, 1.807) is 11.3 Å². The highest BCUT2D eigenvalue weighted by Crippen LogP contribution is 2.32. The number of thiophene rings is 1. The predicted octanol–water partition coefficient (Wildman–Crippen LogP) is 5.43. The van der Waals surface area contributed by atoms with Crippen molar-refractivity contribution in [3.8, 4) is 0 Å². The summed E-state index contributed by atoms with van der Waals surface area (Å²) in [5.74, 6) is 1.24. The molecule has 1 atom stereocenters. The highest BCUT2D eigenvalue weighted by Gasteiger charge is 2.22. The standard InChI is InChI=1S/C24H21N3O2S/c1-16-8-6-7-11-19(16)21(18-9-4-3-5-10-18)22(29-15-28)17(2)27-23-20-12-13-30-24(20)26-14-25-23/h3-15,17H,1-2H3,(H,25,26,27)/b22-21-. The second-order valence-electron chi connectivity index (χ2n) is 6.86. The molecule has 0 spiro atoms. The van der Waals surface area contributed by atoms with Crippen molar-refractivity contribution in [2.45, 2.75) is 19.9 Å². The van der Waals surface area contributed by atoms with Gasteiger partial charge in [0, 0.05) is 5.57 Å². The number of nitrogens with one attached hydrogen (secondary N) is 1. The molecule has 0 aliphatic carbocycles. The third-order valence-corrected chi connectivity index (χ3v) is 5.73. The van der Waals surface area contributed by atoms with E-state index in [9.17, 15) is 4.79 Å². The zero-order valence-electron chi connectivity index (χ0n) is 16.7. The first-order valence-electron chi connectivity index (χ1n) is 9.59. The summed E-state index contributed by atoms with van der Waals surface area (Å²) in [6.45, 7) is 4.49. The topological polar surface area (TPSA) is 64.1 Å². The maximum atomic E-state index is 11.5.